The highest BCUT2D eigenvalue weighted by atomic mass is 35.5. The minimum atomic E-state index is 0.401. The van der Waals surface area contributed by atoms with Crippen molar-refractivity contribution in [3.05, 3.63) is 34.6 Å². The number of nitrogens with zero attached hydrogens (tertiary/aromatic N) is 1. The average molecular weight is 250 g/mol. The summed E-state index contributed by atoms with van der Waals surface area (Å²) >= 11 is 6.07. The highest BCUT2D eigenvalue weighted by Crippen LogP contribution is 2.32. The van der Waals surface area contributed by atoms with Gasteiger partial charge in [0, 0.05) is 27.2 Å². The van der Waals surface area contributed by atoms with Gasteiger partial charge in [0.05, 0.1) is 7.11 Å². The molecule has 0 saturated carbocycles. The first-order valence-electron chi connectivity index (χ1n) is 5.67. The van der Waals surface area contributed by atoms with Crippen LogP contribution in [0.5, 0.6) is 5.75 Å². The van der Waals surface area contributed by atoms with E-state index in [4.69, 9.17) is 16.3 Å². The highest BCUT2D eigenvalue weighted by Gasteiger charge is 2.10. The van der Waals surface area contributed by atoms with Crippen LogP contribution in [0.3, 0.4) is 0 Å². The molecule has 1 aromatic carbocycles. The first-order chi connectivity index (χ1) is 8.02. The summed E-state index contributed by atoms with van der Waals surface area (Å²) in [5, 5.41) is 2.81. The molecule has 0 amide bonds. The fourth-order valence-corrected chi connectivity index (χ4v) is 2.15. The molecule has 2 rings (SSSR count). The first-order valence-corrected chi connectivity index (χ1v) is 6.05. The van der Waals surface area contributed by atoms with Crippen LogP contribution in [0, 0.1) is 6.92 Å². The lowest BCUT2D eigenvalue weighted by molar-refractivity contribution is 0.420. The van der Waals surface area contributed by atoms with Crippen molar-refractivity contribution in [3.63, 3.8) is 0 Å². The summed E-state index contributed by atoms with van der Waals surface area (Å²) < 4.78 is 5.39. The normalized spacial score (nSPS) is 11.2. The molecule has 0 radical (unpaired) electrons. The number of aryl methyl sites for hydroxylation is 1. The minimum Gasteiger partial charge on any atom is -0.496 e. The predicted molar refractivity (Wildman–Crippen MR) is 72.1 cm³/mol. The van der Waals surface area contributed by atoms with Gasteiger partial charge in [0.2, 0.25) is 0 Å². The summed E-state index contributed by atoms with van der Waals surface area (Å²) in [5.41, 5.74) is 2.07. The Morgan fingerprint density at radius 2 is 1.88 bits per heavy atom. The summed E-state index contributed by atoms with van der Waals surface area (Å²) in [6, 6.07) is 5.86. The second-order valence-electron chi connectivity index (χ2n) is 4.49. The largest absolute Gasteiger partial charge is 0.496 e. The third kappa shape index (κ3) is 2.22. The van der Waals surface area contributed by atoms with E-state index < -0.39 is 0 Å². The maximum Gasteiger partial charge on any atom is 0.128 e. The number of methoxy groups -OCH3 is 1. The molecular formula is C14H16ClNO. The number of pyridine rings is 1. The monoisotopic (exact) mass is 249 g/mol. The van der Waals surface area contributed by atoms with Gasteiger partial charge in [-0.25, -0.2) is 0 Å². The van der Waals surface area contributed by atoms with Gasteiger partial charge in [-0.3, -0.25) is 4.98 Å². The van der Waals surface area contributed by atoms with E-state index in [9.17, 15) is 0 Å². The molecule has 0 aliphatic rings. The first kappa shape index (κ1) is 12.2. The maximum atomic E-state index is 6.07. The Balaban J connectivity index is 2.81. The van der Waals surface area contributed by atoms with Crippen LogP contribution >= 0.6 is 11.6 Å². The molecule has 1 heterocycles. The molecule has 2 nitrogen and oxygen atoms in total. The van der Waals surface area contributed by atoms with Gasteiger partial charge in [-0.1, -0.05) is 25.4 Å². The van der Waals surface area contributed by atoms with Gasteiger partial charge in [0.25, 0.3) is 0 Å². The van der Waals surface area contributed by atoms with Crippen LogP contribution in [-0.2, 0) is 0 Å². The van der Waals surface area contributed by atoms with Crippen LogP contribution < -0.4 is 4.74 Å². The topological polar surface area (TPSA) is 22.1 Å². The molecule has 0 aliphatic heterocycles. The second-order valence-corrected chi connectivity index (χ2v) is 4.93. The Kier molecular flexibility index (Phi) is 3.25. The van der Waals surface area contributed by atoms with Gasteiger partial charge >= 0.3 is 0 Å². The average Bonchev–Trinajstić information content (AvgIpc) is 2.28. The minimum absolute atomic E-state index is 0.401. The SMILES string of the molecule is COc1cc(Cl)cc2c(C)nc(C(C)C)cc12. The zero-order chi connectivity index (χ0) is 12.6. The smallest absolute Gasteiger partial charge is 0.128 e. The summed E-state index contributed by atoms with van der Waals surface area (Å²) in [4.78, 5) is 4.60. The third-order valence-corrected chi connectivity index (χ3v) is 3.12. The lowest BCUT2D eigenvalue weighted by Gasteiger charge is -2.12. The molecule has 1 aromatic heterocycles. The molecule has 0 atom stereocenters. The molecule has 90 valence electrons. The van der Waals surface area contributed by atoms with E-state index in [1.54, 1.807) is 7.11 Å². The Bertz CT molecular complexity index is 564. The quantitative estimate of drug-likeness (QED) is 0.790. The number of aromatic nitrogens is 1. The Hall–Kier alpha value is -1.28. The van der Waals surface area contributed by atoms with Gasteiger partial charge in [-0.15, -0.1) is 0 Å². The number of hydrogen-bond donors (Lipinski definition) is 0. The van der Waals surface area contributed by atoms with Crippen LogP contribution in [-0.4, -0.2) is 12.1 Å². The van der Waals surface area contributed by atoms with Crippen molar-refractivity contribution in [3.8, 4) is 5.75 Å². The van der Waals surface area contributed by atoms with Crippen LogP contribution in [0.2, 0.25) is 5.02 Å². The zero-order valence-electron chi connectivity index (χ0n) is 10.5. The molecule has 0 unspecified atom stereocenters. The molecule has 0 saturated heterocycles. The molecule has 0 aliphatic carbocycles. The van der Waals surface area contributed by atoms with Crippen molar-refractivity contribution in [2.24, 2.45) is 0 Å². The highest BCUT2D eigenvalue weighted by molar-refractivity contribution is 6.31. The molecule has 0 bridgehead atoms. The number of fused-ring (bicyclic) bond motifs is 1. The van der Waals surface area contributed by atoms with Crippen LogP contribution in [0.15, 0.2) is 18.2 Å². The summed E-state index contributed by atoms with van der Waals surface area (Å²) in [6.07, 6.45) is 0. The molecule has 0 fully saturated rings. The molecule has 0 spiro atoms. The van der Waals surface area contributed by atoms with E-state index in [2.05, 4.69) is 24.9 Å². The Morgan fingerprint density at radius 3 is 2.47 bits per heavy atom. The fourth-order valence-electron chi connectivity index (χ4n) is 1.94. The van der Waals surface area contributed by atoms with E-state index in [0.29, 0.717) is 10.9 Å². The van der Waals surface area contributed by atoms with Crippen LogP contribution in [0.1, 0.15) is 31.2 Å². The van der Waals surface area contributed by atoms with Gasteiger partial charge in [-0.05, 0) is 31.0 Å². The van der Waals surface area contributed by atoms with Gasteiger partial charge in [0.15, 0.2) is 0 Å². The predicted octanol–water partition coefficient (Wildman–Crippen LogP) is 4.33. The summed E-state index contributed by atoms with van der Waals surface area (Å²) in [6.45, 7) is 6.27. The molecule has 2 aromatic rings. The van der Waals surface area contributed by atoms with E-state index in [1.165, 1.54) is 0 Å². The zero-order valence-corrected chi connectivity index (χ0v) is 11.3. The van der Waals surface area contributed by atoms with Crippen molar-refractivity contribution < 1.29 is 4.74 Å². The number of rotatable bonds is 2. The number of benzene rings is 1. The van der Waals surface area contributed by atoms with Crippen LogP contribution in [0.4, 0.5) is 0 Å². The fraction of sp³-hybridized carbons (Fsp3) is 0.357. The standard InChI is InChI=1S/C14H16ClNO/c1-8(2)13-7-12-11(9(3)16-13)5-10(15)6-14(12)17-4/h5-8H,1-4H3. The Morgan fingerprint density at radius 1 is 1.18 bits per heavy atom. The molecule has 17 heavy (non-hydrogen) atoms. The number of hydrogen-bond acceptors (Lipinski definition) is 2. The van der Waals surface area contributed by atoms with Gasteiger partial charge < -0.3 is 4.74 Å². The lowest BCUT2D eigenvalue weighted by atomic mass is 10.0. The second kappa shape index (κ2) is 4.53. The van der Waals surface area contributed by atoms with Crippen LogP contribution in [0.25, 0.3) is 10.8 Å². The number of ether oxygens (including phenoxy) is 1. The van der Waals surface area contributed by atoms with E-state index in [-0.39, 0.29) is 0 Å². The lowest BCUT2D eigenvalue weighted by Crippen LogP contribution is -1.97. The van der Waals surface area contributed by atoms with Crippen molar-refractivity contribution in [1.82, 2.24) is 4.98 Å². The van der Waals surface area contributed by atoms with E-state index in [0.717, 1.165) is 27.9 Å². The van der Waals surface area contributed by atoms with Crippen molar-refractivity contribution >= 4 is 22.4 Å². The maximum absolute atomic E-state index is 6.07. The molecule has 3 heteroatoms. The van der Waals surface area contributed by atoms with Crippen molar-refractivity contribution in [2.75, 3.05) is 7.11 Å². The van der Waals surface area contributed by atoms with Crippen molar-refractivity contribution in [1.29, 1.82) is 0 Å². The summed E-state index contributed by atoms with van der Waals surface area (Å²) in [5.74, 6) is 1.21. The molecule has 0 N–H and O–H groups in total. The number of halogens is 1. The van der Waals surface area contributed by atoms with Gasteiger partial charge in [-0.2, -0.15) is 0 Å². The third-order valence-electron chi connectivity index (χ3n) is 2.90. The van der Waals surface area contributed by atoms with E-state index in [1.807, 2.05) is 19.1 Å². The Labute approximate surface area is 107 Å². The summed E-state index contributed by atoms with van der Waals surface area (Å²) in [7, 11) is 1.66. The van der Waals surface area contributed by atoms with Gasteiger partial charge in [0.1, 0.15) is 5.75 Å². The van der Waals surface area contributed by atoms with E-state index >= 15 is 0 Å². The van der Waals surface area contributed by atoms with Crippen molar-refractivity contribution in [2.45, 2.75) is 26.7 Å². The molecular weight excluding hydrogens is 234 g/mol.